The molecule has 0 unspecified atom stereocenters. The van der Waals surface area contributed by atoms with E-state index in [-0.39, 0.29) is 5.92 Å². The Hall–Kier alpha value is -0.820. The van der Waals surface area contributed by atoms with E-state index in [1.165, 1.54) is 32.1 Å². The van der Waals surface area contributed by atoms with E-state index in [9.17, 15) is 4.79 Å². The number of benzene rings is 1. The van der Waals surface area contributed by atoms with Crippen LogP contribution < -0.4 is 0 Å². The summed E-state index contributed by atoms with van der Waals surface area (Å²) in [5.41, 5.74) is 1.82. The van der Waals surface area contributed by atoms with Crippen molar-refractivity contribution in [3.8, 4) is 0 Å². The van der Waals surface area contributed by atoms with Gasteiger partial charge in [0, 0.05) is 16.5 Å². The van der Waals surface area contributed by atoms with Crippen molar-refractivity contribution in [2.24, 2.45) is 5.92 Å². The third-order valence-corrected chi connectivity index (χ3v) is 4.34. The summed E-state index contributed by atoms with van der Waals surface area (Å²) in [6.07, 6.45) is 8.36. The lowest BCUT2D eigenvalue weighted by molar-refractivity contribution is 0.0898. The lowest BCUT2D eigenvalue weighted by Gasteiger charge is -2.18. The molecule has 0 aromatic heterocycles. The monoisotopic (exact) mass is 264 g/mol. The van der Waals surface area contributed by atoms with Gasteiger partial charge < -0.3 is 0 Å². The van der Waals surface area contributed by atoms with E-state index in [1.54, 1.807) is 0 Å². The molecule has 2 rings (SSSR count). The smallest absolute Gasteiger partial charge is 0.165 e. The predicted octanol–water partition coefficient (Wildman–Crippen LogP) is 5.19. The van der Waals surface area contributed by atoms with Gasteiger partial charge in [-0.3, -0.25) is 4.79 Å². The number of Topliss-reactive ketones (excluding diaryl/α,β-unsaturated/α-hetero) is 1. The van der Waals surface area contributed by atoms with Crippen LogP contribution in [0.4, 0.5) is 0 Å². The van der Waals surface area contributed by atoms with Crippen molar-refractivity contribution < 1.29 is 4.79 Å². The third kappa shape index (κ3) is 3.35. The van der Waals surface area contributed by atoms with E-state index in [1.807, 2.05) is 25.1 Å². The van der Waals surface area contributed by atoms with E-state index < -0.39 is 0 Å². The zero-order valence-corrected chi connectivity index (χ0v) is 11.8. The highest BCUT2D eigenvalue weighted by molar-refractivity contribution is 6.31. The topological polar surface area (TPSA) is 17.1 Å². The molecular weight excluding hydrogens is 244 g/mol. The third-order valence-electron chi connectivity index (χ3n) is 3.93. The quantitative estimate of drug-likeness (QED) is 0.672. The molecular formula is C16H21ClO. The van der Waals surface area contributed by atoms with E-state index in [2.05, 4.69) is 0 Å². The number of hydrogen-bond acceptors (Lipinski definition) is 1. The minimum atomic E-state index is 0.212. The molecule has 0 atom stereocenters. The number of hydrogen-bond donors (Lipinski definition) is 0. The van der Waals surface area contributed by atoms with Gasteiger partial charge in [-0.15, -0.1) is 0 Å². The van der Waals surface area contributed by atoms with Gasteiger partial charge in [-0.25, -0.2) is 0 Å². The molecule has 0 N–H and O–H groups in total. The fraction of sp³-hybridized carbons (Fsp3) is 0.562. The van der Waals surface area contributed by atoms with Crippen molar-refractivity contribution in [2.75, 3.05) is 0 Å². The normalized spacial score (nSPS) is 18.1. The SMILES string of the molecule is Cc1ccc(C(=O)C2CCCCCCC2)cc1Cl. The Balaban J connectivity index is 2.10. The lowest BCUT2D eigenvalue weighted by Crippen LogP contribution is -2.16. The summed E-state index contributed by atoms with van der Waals surface area (Å²) in [5, 5.41) is 0.701. The molecule has 1 saturated carbocycles. The van der Waals surface area contributed by atoms with Crippen molar-refractivity contribution >= 4 is 17.4 Å². The Bertz CT molecular complexity index is 417. The first kappa shape index (κ1) is 13.6. The molecule has 0 aliphatic heterocycles. The van der Waals surface area contributed by atoms with Crippen LogP contribution in [-0.2, 0) is 0 Å². The van der Waals surface area contributed by atoms with Gasteiger partial charge in [0.05, 0.1) is 0 Å². The molecule has 1 fully saturated rings. The number of ketones is 1. The number of carbonyl (C=O) groups excluding carboxylic acids is 1. The van der Waals surface area contributed by atoms with Crippen molar-refractivity contribution in [2.45, 2.75) is 51.9 Å². The molecule has 1 aliphatic rings. The Labute approximate surface area is 115 Å². The average Bonchev–Trinajstić information content (AvgIpc) is 2.31. The molecule has 0 saturated heterocycles. The second kappa shape index (κ2) is 6.38. The summed E-state index contributed by atoms with van der Waals surface area (Å²) in [7, 11) is 0. The average molecular weight is 265 g/mol. The summed E-state index contributed by atoms with van der Waals surface area (Å²) in [4.78, 5) is 12.5. The number of carbonyl (C=O) groups is 1. The number of rotatable bonds is 2. The number of halogens is 1. The van der Waals surface area contributed by atoms with Crippen LogP contribution in [0.1, 0.15) is 60.9 Å². The van der Waals surface area contributed by atoms with E-state index >= 15 is 0 Å². The summed E-state index contributed by atoms with van der Waals surface area (Å²) in [6.45, 7) is 1.96. The van der Waals surface area contributed by atoms with Gasteiger partial charge in [-0.2, -0.15) is 0 Å². The second-order valence-corrected chi connectivity index (χ2v) is 5.78. The molecule has 0 spiro atoms. The van der Waals surface area contributed by atoms with Crippen LogP contribution in [0.25, 0.3) is 0 Å². The van der Waals surface area contributed by atoms with Crippen LogP contribution in [0.5, 0.6) is 0 Å². The first-order valence-electron chi connectivity index (χ1n) is 6.99. The largest absolute Gasteiger partial charge is 0.294 e. The Morgan fingerprint density at radius 2 is 1.72 bits per heavy atom. The first-order valence-corrected chi connectivity index (χ1v) is 7.36. The fourth-order valence-electron chi connectivity index (χ4n) is 2.70. The van der Waals surface area contributed by atoms with Crippen LogP contribution in [0, 0.1) is 12.8 Å². The van der Waals surface area contributed by atoms with Gasteiger partial charge in [0.15, 0.2) is 5.78 Å². The zero-order chi connectivity index (χ0) is 13.0. The van der Waals surface area contributed by atoms with Crippen LogP contribution in [0.15, 0.2) is 18.2 Å². The molecule has 0 amide bonds. The summed E-state index contributed by atoms with van der Waals surface area (Å²) in [5.74, 6) is 0.503. The molecule has 0 heterocycles. The summed E-state index contributed by atoms with van der Waals surface area (Å²) >= 11 is 6.10. The van der Waals surface area contributed by atoms with E-state index in [4.69, 9.17) is 11.6 Å². The molecule has 98 valence electrons. The summed E-state index contributed by atoms with van der Waals surface area (Å²) < 4.78 is 0. The van der Waals surface area contributed by atoms with Crippen LogP contribution in [-0.4, -0.2) is 5.78 Å². The van der Waals surface area contributed by atoms with Gasteiger partial charge in [0.1, 0.15) is 0 Å². The second-order valence-electron chi connectivity index (χ2n) is 5.37. The molecule has 1 nitrogen and oxygen atoms in total. The maximum absolute atomic E-state index is 12.5. The van der Waals surface area contributed by atoms with Gasteiger partial charge >= 0.3 is 0 Å². The Morgan fingerprint density at radius 1 is 1.11 bits per heavy atom. The van der Waals surface area contributed by atoms with Crippen molar-refractivity contribution in [1.29, 1.82) is 0 Å². The predicted molar refractivity (Wildman–Crippen MR) is 76.3 cm³/mol. The fourth-order valence-corrected chi connectivity index (χ4v) is 2.88. The summed E-state index contributed by atoms with van der Waals surface area (Å²) in [6, 6.07) is 5.69. The standard InChI is InChI=1S/C16H21ClO/c1-12-9-10-14(11-15(12)17)16(18)13-7-5-3-2-4-6-8-13/h9-11,13H,2-8H2,1H3. The van der Waals surface area contributed by atoms with Crippen LogP contribution in [0.2, 0.25) is 5.02 Å². The Morgan fingerprint density at radius 3 is 2.33 bits per heavy atom. The van der Waals surface area contributed by atoms with Crippen molar-refractivity contribution in [3.05, 3.63) is 34.3 Å². The maximum atomic E-state index is 12.5. The molecule has 1 aliphatic carbocycles. The van der Waals surface area contributed by atoms with Crippen LogP contribution in [0.3, 0.4) is 0 Å². The highest BCUT2D eigenvalue weighted by Gasteiger charge is 2.21. The van der Waals surface area contributed by atoms with Gasteiger partial charge in [0.2, 0.25) is 0 Å². The molecule has 1 aromatic carbocycles. The lowest BCUT2D eigenvalue weighted by atomic mass is 9.85. The van der Waals surface area contributed by atoms with Crippen LogP contribution >= 0.6 is 11.6 Å². The minimum absolute atomic E-state index is 0.212. The van der Waals surface area contributed by atoms with Gasteiger partial charge in [-0.1, -0.05) is 55.8 Å². The highest BCUT2D eigenvalue weighted by atomic mass is 35.5. The van der Waals surface area contributed by atoms with Gasteiger partial charge in [-0.05, 0) is 31.4 Å². The van der Waals surface area contributed by atoms with Crippen molar-refractivity contribution in [1.82, 2.24) is 0 Å². The molecule has 0 radical (unpaired) electrons. The van der Waals surface area contributed by atoms with Crippen molar-refractivity contribution in [3.63, 3.8) is 0 Å². The highest BCUT2D eigenvalue weighted by Crippen LogP contribution is 2.27. The first-order chi connectivity index (χ1) is 8.68. The number of aryl methyl sites for hydroxylation is 1. The Kier molecular flexibility index (Phi) is 4.82. The molecule has 2 heteroatoms. The molecule has 1 aromatic rings. The molecule has 18 heavy (non-hydrogen) atoms. The molecule has 0 bridgehead atoms. The van der Waals surface area contributed by atoms with Gasteiger partial charge in [0.25, 0.3) is 0 Å². The van der Waals surface area contributed by atoms with E-state index in [0.29, 0.717) is 10.8 Å². The zero-order valence-electron chi connectivity index (χ0n) is 11.0. The van der Waals surface area contributed by atoms with E-state index in [0.717, 1.165) is 24.0 Å². The minimum Gasteiger partial charge on any atom is -0.294 e. The maximum Gasteiger partial charge on any atom is 0.165 e.